The Labute approximate surface area is 165 Å². The molecule has 0 saturated carbocycles. The third kappa shape index (κ3) is 4.36. The normalized spacial score (nSPS) is 10.6. The Morgan fingerprint density at radius 2 is 1.82 bits per heavy atom. The number of rotatable bonds is 8. The topological polar surface area (TPSA) is 66.5 Å². The number of hydrogen-bond donors (Lipinski definition) is 1. The molecule has 3 aromatic rings. The summed E-state index contributed by atoms with van der Waals surface area (Å²) in [6.45, 7) is 3.18. The van der Waals surface area contributed by atoms with Gasteiger partial charge < -0.3 is 19.8 Å². The summed E-state index contributed by atoms with van der Waals surface area (Å²) in [5, 5.41) is 0. The Kier molecular flexibility index (Phi) is 6.37. The molecule has 0 aliphatic rings. The SMILES string of the molecule is CCCCn1ccc(-c2cc(OC)ccc2OCc2ccccc2)c(N)c1=O. The van der Waals surface area contributed by atoms with Crippen LogP contribution >= 0.6 is 0 Å². The molecule has 28 heavy (non-hydrogen) atoms. The molecule has 0 amide bonds. The molecule has 0 fully saturated rings. The van der Waals surface area contributed by atoms with Crippen molar-refractivity contribution >= 4 is 5.69 Å². The van der Waals surface area contributed by atoms with Crippen molar-refractivity contribution in [2.24, 2.45) is 0 Å². The highest BCUT2D eigenvalue weighted by molar-refractivity contribution is 5.80. The summed E-state index contributed by atoms with van der Waals surface area (Å²) in [5.41, 5.74) is 8.72. The first kappa shape index (κ1) is 19.5. The van der Waals surface area contributed by atoms with Crippen molar-refractivity contribution in [2.45, 2.75) is 32.9 Å². The van der Waals surface area contributed by atoms with Crippen LogP contribution in [0.25, 0.3) is 11.1 Å². The summed E-state index contributed by atoms with van der Waals surface area (Å²) in [6, 6.07) is 17.3. The number of aromatic nitrogens is 1. The Hall–Kier alpha value is -3.21. The van der Waals surface area contributed by atoms with Gasteiger partial charge in [-0.15, -0.1) is 0 Å². The van der Waals surface area contributed by atoms with Gasteiger partial charge in [0.25, 0.3) is 5.56 Å². The summed E-state index contributed by atoms with van der Waals surface area (Å²) in [7, 11) is 1.61. The van der Waals surface area contributed by atoms with Gasteiger partial charge in [0.15, 0.2) is 0 Å². The van der Waals surface area contributed by atoms with E-state index in [4.69, 9.17) is 15.2 Å². The van der Waals surface area contributed by atoms with Crippen LogP contribution in [0.15, 0.2) is 65.6 Å². The molecule has 1 aromatic heterocycles. The number of methoxy groups -OCH3 is 1. The van der Waals surface area contributed by atoms with Gasteiger partial charge in [-0.3, -0.25) is 4.79 Å². The molecule has 5 heteroatoms. The predicted octanol–water partition coefficient (Wildman–Crippen LogP) is 4.49. The van der Waals surface area contributed by atoms with E-state index in [9.17, 15) is 4.79 Å². The van der Waals surface area contributed by atoms with Gasteiger partial charge in [-0.25, -0.2) is 0 Å². The summed E-state index contributed by atoms with van der Waals surface area (Å²) in [5.74, 6) is 1.33. The number of pyridine rings is 1. The molecule has 0 aliphatic carbocycles. The second kappa shape index (κ2) is 9.13. The van der Waals surface area contributed by atoms with Crippen LogP contribution in [-0.4, -0.2) is 11.7 Å². The molecule has 0 atom stereocenters. The van der Waals surface area contributed by atoms with Crippen LogP contribution in [0.4, 0.5) is 5.69 Å². The lowest BCUT2D eigenvalue weighted by Gasteiger charge is -2.16. The van der Waals surface area contributed by atoms with Gasteiger partial charge in [0.05, 0.1) is 7.11 Å². The monoisotopic (exact) mass is 378 g/mol. The Morgan fingerprint density at radius 1 is 1.04 bits per heavy atom. The van der Waals surface area contributed by atoms with Gasteiger partial charge in [-0.1, -0.05) is 43.7 Å². The van der Waals surface area contributed by atoms with Gasteiger partial charge >= 0.3 is 0 Å². The molecule has 0 aliphatic heterocycles. The fourth-order valence-corrected chi connectivity index (χ4v) is 3.04. The number of unbranched alkanes of at least 4 members (excludes halogenated alkanes) is 1. The van der Waals surface area contributed by atoms with E-state index in [0.717, 1.165) is 24.0 Å². The van der Waals surface area contributed by atoms with E-state index in [1.54, 1.807) is 17.9 Å². The molecular weight excluding hydrogens is 352 g/mol. The first-order valence-corrected chi connectivity index (χ1v) is 9.48. The van der Waals surface area contributed by atoms with Crippen molar-refractivity contribution in [3.63, 3.8) is 0 Å². The lowest BCUT2D eigenvalue weighted by molar-refractivity contribution is 0.307. The highest BCUT2D eigenvalue weighted by atomic mass is 16.5. The second-order valence-electron chi connectivity index (χ2n) is 6.63. The van der Waals surface area contributed by atoms with E-state index < -0.39 is 0 Å². The summed E-state index contributed by atoms with van der Waals surface area (Å²) >= 11 is 0. The molecule has 0 spiro atoms. The van der Waals surface area contributed by atoms with Crippen molar-refractivity contribution in [3.8, 4) is 22.6 Å². The molecule has 0 unspecified atom stereocenters. The molecule has 1 heterocycles. The Bertz CT molecular complexity index is 981. The third-order valence-corrected chi connectivity index (χ3v) is 4.67. The minimum absolute atomic E-state index is 0.178. The van der Waals surface area contributed by atoms with Crippen LogP contribution in [0.2, 0.25) is 0 Å². The van der Waals surface area contributed by atoms with E-state index in [1.165, 1.54) is 0 Å². The maximum absolute atomic E-state index is 12.7. The van der Waals surface area contributed by atoms with Gasteiger partial charge in [0.1, 0.15) is 23.8 Å². The molecule has 0 bridgehead atoms. The average molecular weight is 378 g/mol. The minimum Gasteiger partial charge on any atom is -0.497 e. The number of nitrogens with two attached hydrogens (primary N) is 1. The molecule has 5 nitrogen and oxygen atoms in total. The van der Waals surface area contributed by atoms with Gasteiger partial charge in [-0.2, -0.15) is 0 Å². The second-order valence-corrected chi connectivity index (χ2v) is 6.63. The van der Waals surface area contributed by atoms with E-state index in [2.05, 4.69) is 6.92 Å². The maximum Gasteiger partial charge on any atom is 0.274 e. The smallest absolute Gasteiger partial charge is 0.274 e. The maximum atomic E-state index is 12.7. The fraction of sp³-hybridized carbons (Fsp3) is 0.261. The van der Waals surface area contributed by atoms with Crippen LogP contribution in [0, 0.1) is 0 Å². The number of anilines is 1. The van der Waals surface area contributed by atoms with Crippen molar-refractivity contribution in [1.29, 1.82) is 0 Å². The van der Waals surface area contributed by atoms with E-state index in [0.29, 0.717) is 30.2 Å². The standard InChI is InChI=1S/C23H26N2O3/c1-3-4-13-25-14-12-19(22(24)23(25)26)20-15-18(27-2)10-11-21(20)28-16-17-8-6-5-7-9-17/h5-12,14-15H,3-4,13,16,24H2,1-2H3. The predicted molar refractivity (Wildman–Crippen MR) is 113 cm³/mol. The average Bonchev–Trinajstić information content (AvgIpc) is 2.74. The van der Waals surface area contributed by atoms with Crippen molar-refractivity contribution < 1.29 is 9.47 Å². The van der Waals surface area contributed by atoms with Crippen molar-refractivity contribution in [2.75, 3.05) is 12.8 Å². The molecular formula is C23H26N2O3. The fourth-order valence-electron chi connectivity index (χ4n) is 3.04. The Morgan fingerprint density at radius 3 is 2.54 bits per heavy atom. The zero-order valence-corrected chi connectivity index (χ0v) is 16.4. The summed E-state index contributed by atoms with van der Waals surface area (Å²) in [6.07, 6.45) is 3.74. The lowest BCUT2D eigenvalue weighted by Crippen LogP contribution is -2.23. The molecule has 0 radical (unpaired) electrons. The highest BCUT2D eigenvalue weighted by Gasteiger charge is 2.15. The van der Waals surface area contributed by atoms with Gasteiger partial charge in [-0.05, 0) is 36.2 Å². The summed E-state index contributed by atoms with van der Waals surface area (Å²) in [4.78, 5) is 12.7. The van der Waals surface area contributed by atoms with Crippen LogP contribution in [0.5, 0.6) is 11.5 Å². The van der Waals surface area contributed by atoms with Crippen molar-refractivity contribution in [3.05, 3.63) is 76.7 Å². The van der Waals surface area contributed by atoms with Crippen LogP contribution in [0.1, 0.15) is 25.3 Å². The number of aryl methyl sites for hydroxylation is 1. The number of benzene rings is 2. The van der Waals surface area contributed by atoms with E-state index in [-0.39, 0.29) is 11.2 Å². The molecule has 146 valence electrons. The summed E-state index contributed by atoms with van der Waals surface area (Å²) < 4.78 is 13.1. The number of hydrogen-bond acceptors (Lipinski definition) is 4. The first-order chi connectivity index (χ1) is 13.6. The number of nitrogen functional groups attached to an aromatic ring is 1. The minimum atomic E-state index is -0.178. The zero-order valence-electron chi connectivity index (χ0n) is 16.4. The molecule has 2 N–H and O–H groups in total. The zero-order chi connectivity index (χ0) is 19.9. The van der Waals surface area contributed by atoms with Crippen LogP contribution < -0.4 is 20.8 Å². The van der Waals surface area contributed by atoms with E-state index in [1.807, 2.05) is 54.6 Å². The van der Waals surface area contributed by atoms with Gasteiger partial charge in [0.2, 0.25) is 0 Å². The highest BCUT2D eigenvalue weighted by Crippen LogP contribution is 2.36. The molecule has 2 aromatic carbocycles. The van der Waals surface area contributed by atoms with Crippen LogP contribution in [-0.2, 0) is 13.2 Å². The lowest BCUT2D eigenvalue weighted by atomic mass is 10.0. The van der Waals surface area contributed by atoms with Crippen LogP contribution in [0.3, 0.4) is 0 Å². The number of ether oxygens (including phenoxy) is 2. The third-order valence-electron chi connectivity index (χ3n) is 4.67. The van der Waals surface area contributed by atoms with E-state index >= 15 is 0 Å². The Balaban J connectivity index is 1.97. The quantitative estimate of drug-likeness (QED) is 0.627. The van der Waals surface area contributed by atoms with Crippen molar-refractivity contribution in [1.82, 2.24) is 4.57 Å². The largest absolute Gasteiger partial charge is 0.497 e. The number of nitrogens with zero attached hydrogens (tertiary/aromatic N) is 1. The first-order valence-electron chi connectivity index (χ1n) is 9.48. The van der Waals surface area contributed by atoms with Gasteiger partial charge in [0, 0.05) is 23.9 Å². The molecule has 3 rings (SSSR count). The molecule has 0 saturated heterocycles.